The van der Waals surface area contributed by atoms with Crippen LogP contribution in [0.1, 0.15) is 59.3 Å². The van der Waals surface area contributed by atoms with E-state index < -0.39 is 18.4 Å². The van der Waals surface area contributed by atoms with Crippen LogP contribution < -0.4 is 3.58 Å². The number of terminal acetylenes is 2. The Labute approximate surface area is 150 Å². The number of benzene rings is 1. The quantitative estimate of drug-likeness (QED) is 0.311. The summed E-state index contributed by atoms with van der Waals surface area (Å²) in [6, 6.07) is 11.6. The van der Waals surface area contributed by atoms with E-state index in [2.05, 4.69) is 76.8 Å². The molecule has 1 aromatic rings. The van der Waals surface area contributed by atoms with Gasteiger partial charge in [0.2, 0.25) is 0 Å². The van der Waals surface area contributed by atoms with Gasteiger partial charge < -0.3 is 0 Å². The molecule has 0 aromatic heterocycles. The third-order valence-electron chi connectivity index (χ3n) is 4.41. The molecule has 0 spiro atoms. The second-order valence-electron chi connectivity index (χ2n) is 5.96. The molecule has 0 nitrogen and oxygen atoms in total. The number of unbranched alkanes of at least 4 members (excludes halogenated alkanes) is 3. The summed E-state index contributed by atoms with van der Waals surface area (Å²) in [6.45, 7) is 7.05. The Hall–Kier alpha value is -0.861. The minimum atomic E-state index is -2.10. The molecule has 1 heteroatoms. The van der Waals surface area contributed by atoms with Crippen LogP contribution in [0.25, 0.3) is 0 Å². The van der Waals surface area contributed by atoms with E-state index in [9.17, 15) is 0 Å². The zero-order valence-corrected chi connectivity index (χ0v) is 18.4. The first-order valence-corrected chi connectivity index (χ1v) is 16.5. The van der Waals surface area contributed by atoms with Crippen LogP contribution in [0.4, 0.5) is 0 Å². The van der Waals surface area contributed by atoms with Gasteiger partial charge in [-0.15, -0.1) is 25.7 Å². The summed E-state index contributed by atoms with van der Waals surface area (Å²) in [5, 5.41) is 0. The molecule has 0 heterocycles. The summed E-state index contributed by atoms with van der Waals surface area (Å²) >= 11 is -2.10. The van der Waals surface area contributed by atoms with Crippen LogP contribution >= 0.6 is 0 Å². The maximum absolute atomic E-state index is 4.00. The predicted molar refractivity (Wildman–Crippen MR) is 111 cm³/mol. The van der Waals surface area contributed by atoms with E-state index in [0.29, 0.717) is 0 Å². The van der Waals surface area contributed by atoms with E-state index in [1.807, 2.05) is 0 Å². The molecule has 0 atom stereocenters. The summed E-state index contributed by atoms with van der Waals surface area (Å²) in [5.41, 5.74) is 0. The molecule has 0 amide bonds. The molecule has 0 aliphatic rings. The van der Waals surface area contributed by atoms with Gasteiger partial charge in [-0.2, -0.15) is 0 Å². The molecule has 1 rings (SSSR count). The molecule has 0 aliphatic heterocycles. The molecular weight excluding hydrogens is 383 g/mol. The summed E-state index contributed by atoms with van der Waals surface area (Å²) < 4.78 is 6.53. The van der Waals surface area contributed by atoms with Crippen LogP contribution in [-0.4, -0.2) is 18.4 Å². The van der Waals surface area contributed by atoms with Crippen molar-refractivity contribution in [2.45, 2.75) is 72.6 Å². The van der Waals surface area contributed by atoms with Crippen molar-refractivity contribution in [3.05, 3.63) is 30.3 Å². The Morgan fingerprint density at radius 3 is 1.30 bits per heavy atom. The Bertz CT molecular complexity index is 360. The molecule has 0 aliphatic carbocycles. The van der Waals surface area contributed by atoms with Gasteiger partial charge in [0, 0.05) is 0 Å². The van der Waals surface area contributed by atoms with Crippen molar-refractivity contribution < 1.29 is 0 Å². The van der Waals surface area contributed by atoms with Gasteiger partial charge in [0.1, 0.15) is 0 Å². The number of hydrogen-bond donors (Lipinski definition) is 0. The van der Waals surface area contributed by atoms with Crippen molar-refractivity contribution in [1.82, 2.24) is 0 Å². The molecule has 0 unspecified atom stereocenters. The molecule has 23 heavy (non-hydrogen) atoms. The molecule has 128 valence electrons. The van der Waals surface area contributed by atoms with E-state index >= 15 is 0 Å². The predicted octanol–water partition coefficient (Wildman–Crippen LogP) is 6.24. The molecule has 0 fully saturated rings. The first-order chi connectivity index (χ1) is 11.3. The third kappa shape index (κ3) is 9.78. The molecule has 0 bridgehead atoms. The minimum absolute atomic E-state index is 1.36. The number of rotatable bonds is 10. The van der Waals surface area contributed by atoms with E-state index in [1.165, 1.54) is 38.5 Å². The van der Waals surface area contributed by atoms with Gasteiger partial charge in [-0.25, -0.2) is 0 Å². The molecule has 0 saturated heterocycles. The first kappa shape index (κ1) is 24.4. The SMILES string of the molecule is C#C.C#C.CCC[CH2][Sn]([CH2]CCC)([CH2]CCC)[c]1ccccc1. The van der Waals surface area contributed by atoms with Crippen LogP contribution in [0.3, 0.4) is 0 Å². The van der Waals surface area contributed by atoms with Crippen molar-refractivity contribution in [3.63, 3.8) is 0 Å². The average molecular weight is 419 g/mol. The van der Waals surface area contributed by atoms with Gasteiger partial charge in [0.15, 0.2) is 0 Å². The zero-order chi connectivity index (χ0) is 18.0. The van der Waals surface area contributed by atoms with E-state index in [0.717, 1.165) is 0 Å². The zero-order valence-electron chi connectivity index (χ0n) is 15.6. The Morgan fingerprint density at radius 1 is 0.652 bits per heavy atom. The van der Waals surface area contributed by atoms with Gasteiger partial charge in [0.05, 0.1) is 0 Å². The van der Waals surface area contributed by atoms with Gasteiger partial charge >= 0.3 is 125 Å². The normalized spacial score (nSPS) is 9.87. The summed E-state index contributed by atoms with van der Waals surface area (Å²) in [7, 11) is 0. The van der Waals surface area contributed by atoms with Crippen molar-refractivity contribution in [1.29, 1.82) is 0 Å². The molecular formula is C22H36Sn. The Morgan fingerprint density at radius 2 is 1.00 bits per heavy atom. The van der Waals surface area contributed by atoms with Crippen molar-refractivity contribution in [3.8, 4) is 25.7 Å². The van der Waals surface area contributed by atoms with Crippen LogP contribution in [0, 0.1) is 25.7 Å². The van der Waals surface area contributed by atoms with E-state index in [-0.39, 0.29) is 0 Å². The second-order valence-corrected chi connectivity index (χ2v) is 19.2. The second kappa shape index (κ2) is 17.5. The number of hydrogen-bond acceptors (Lipinski definition) is 0. The van der Waals surface area contributed by atoms with Gasteiger partial charge in [0.25, 0.3) is 0 Å². The van der Waals surface area contributed by atoms with Gasteiger partial charge in [-0.3, -0.25) is 0 Å². The monoisotopic (exact) mass is 420 g/mol. The standard InChI is InChI=1S/C6H5.3C4H9.2C2H2.Sn/c1-2-4-6-5-3-1;3*1-3-4-2;2*1-2;/h1-5H;3*1,3-4H2,2H3;2*1-2H;. The third-order valence-corrected chi connectivity index (χ3v) is 20.1. The first-order valence-electron chi connectivity index (χ1n) is 9.01. The van der Waals surface area contributed by atoms with Crippen LogP contribution in [0.15, 0.2) is 30.3 Å². The topological polar surface area (TPSA) is 0 Å². The molecule has 0 N–H and O–H groups in total. The fraction of sp³-hybridized carbons (Fsp3) is 0.545. The van der Waals surface area contributed by atoms with E-state index in [4.69, 9.17) is 0 Å². The maximum atomic E-state index is 4.00. The Balaban J connectivity index is 0. The van der Waals surface area contributed by atoms with Gasteiger partial charge in [-0.05, 0) is 0 Å². The Kier molecular flexibility index (Phi) is 18.6. The van der Waals surface area contributed by atoms with Crippen LogP contribution in [0.5, 0.6) is 0 Å². The van der Waals surface area contributed by atoms with Gasteiger partial charge in [-0.1, -0.05) is 0 Å². The van der Waals surface area contributed by atoms with Crippen LogP contribution in [-0.2, 0) is 0 Å². The van der Waals surface area contributed by atoms with Crippen molar-refractivity contribution in [2.24, 2.45) is 0 Å². The molecule has 1 aromatic carbocycles. The molecule has 0 saturated carbocycles. The molecule has 0 radical (unpaired) electrons. The van der Waals surface area contributed by atoms with Crippen LogP contribution in [0.2, 0.25) is 13.3 Å². The fourth-order valence-electron chi connectivity index (χ4n) is 3.15. The summed E-state index contributed by atoms with van der Waals surface area (Å²) in [6.07, 6.45) is 24.5. The summed E-state index contributed by atoms with van der Waals surface area (Å²) in [5.74, 6) is 0. The average Bonchev–Trinajstić information content (AvgIpc) is 2.65. The van der Waals surface area contributed by atoms with Crippen molar-refractivity contribution >= 4 is 22.0 Å². The van der Waals surface area contributed by atoms with Crippen molar-refractivity contribution in [2.75, 3.05) is 0 Å². The summed E-state index contributed by atoms with van der Waals surface area (Å²) in [4.78, 5) is 0. The van der Waals surface area contributed by atoms with E-state index in [1.54, 1.807) is 16.9 Å². The fourth-order valence-corrected chi connectivity index (χ4v) is 19.1.